The molecule has 0 aliphatic carbocycles. The molecule has 184 valence electrons. The third kappa shape index (κ3) is 5.57. The van der Waals surface area contributed by atoms with Gasteiger partial charge in [-0.05, 0) is 30.3 Å². The molecule has 0 saturated carbocycles. The smallest absolute Gasteiger partial charge is 0.262 e. The summed E-state index contributed by atoms with van der Waals surface area (Å²) < 4.78 is 23.1. The number of aromatic nitrogens is 1. The topological polar surface area (TPSA) is 94.8 Å². The van der Waals surface area contributed by atoms with Gasteiger partial charge in [0.05, 0.1) is 38.3 Å². The summed E-state index contributed by atoms with van der Waals surface area (Å²) in [5.74, 6) is 0.653. The number of benzene rings is 1. The molecule has 0 saturated heterocycles. The lowest BCUT2D eigenvalue weighted by Crippen LogP contribution is -2.44. The minimum Gasteiger partial charge on any atom is -0.497 e. The van der Waals surface area contributed by atoms with Crippen LogP contribution in [0.3, 0.4) is 0 Å². The number of carbonyl (C=O) groups excluding carboxylic acids is 2. The van der Waals surface area contributed by atoms with E-state index < -0.39 is 6.04 Å². The van der Waals surface area contributed by atoms with Gasteiger partial charge in [0.15, 0.2) is 0 Å². The van der Waals surface area contributed by atoms with Crippen LogP contribution in [0.15, 0.2) is 41.6 Å². The highest BCUT2D eigenvalue weighted by molar-refractivity contribution is 6.02. The first kappa shape index (κ1) is 25.3. The molecule has 2 aromatic rings. The van der Waals surface area contributed by atoms with E-state index in [-0.39, 0.29) is 31.5 Å². The Labute approximate surface area is 199 Å². The molecule has 10 heteroatoms. The molecule has 0 bridgehead atoms. The lowest BCUT2D eigenvalue weighted by molar-refractivity contribution is -0.144. The second kappa shape index (κ2) is 11.7. The van der Waals surface area contributed by atoms with Crippen LogP contribution in [-0.2, 0) is 26.1 Å². The van der Waals surface area contributed by atoms with Crippen molar-refractivity contribution in [1.29, 1.82) is 0 Å². The molecule has 1 aromatic heterocycles. The summed E-state index contributed by atoms with van der Waals surface area (Å²) in [6.45, 7) is 0.286. The van der Waals surface area contributed by atoms with E-state index in [9.17, 15) is 9.59 Å². The van der Waals surface area contributed by atoms with Gasteiger partial charge in [-0.1, -0.05) is 0 Å². The Morgan fingerprint density at radius 3 is 2.53 bits per heavy atom. The quantitative estimate of drug-likeness (QED) is 0.495. The highest BCUT2D eigenvalue weighted by Gasteiger charge is 2.36. The monoisotopic (exact) mass is 472 g/mol. The first-order valence-electron chi connectivity index (χ1n) is 10.9. The van der Waals surface area contributed by atoms with Crippen molar-refractivity contribution in [2.24, 2.45) is 12.1 Å². The molecular weight excluding hydrogens is 440 g/mol. The van der Waals surface area contributed by atoms with Gasteiger partial charge < -0.3 is 28.4 Å². The number of amides is 2. The van der Waals surface area contributed by atoms with Crippen LogP contribution >= 0.6 is 0 Å². The minimum absolute atomic E-state index is 0.123. The lowest BCUT2D eigenvalue weighted by atomic mass is 9.99. The summed E-state index contributed by atoms with van der Waals surface area (Å²) in [7, 11) is 8.09. The first-order chi connectivity index (χ1) is 16.4. The Morgan fingerprint density at radius 1 is 1.12 bits per heavy atom. The Kier molecular flexibility index (Phi) is 8.67. The molecule has 0 spiro atoms. The molecule has 0 radical (unpaired) electrons. The molecule has 1 atom stereocenters. The van der Waals surface area contributed by atoms with Crippen LogP contribution in [0.1, 0.15) is 23.7 Å². The highest BCUT2D eigenvalue weighted by Crippen LogP contribution is 2.39. The zero-order valence-corrected chi connectivity index (χ0v) is 20.3. The lowest BCUT2D eigenvalue weighted by Gasteiger charge is -2.27. The van der Waals surface area contributed by atoms with E-state index >= 15 is 0 Å². The molecule has 3 rings (SSSR count). The Balaban J connectivity index is 1.97. The van der Waals surface area contributed by atoms with E-state index in [0.29, 0.717) is 24.5 Å². The largest absolute Gasteiger partial charge is 0.497 e. The number of ether oxygens (including phenoxy) is 4. The maximum Gasteiger partial charge on any atom is 0.262 e. The number of aryl methyl sites for hydroxylation is 1. The zero-order chi connectivity index (χ0) is 24.7. The standard InChI is InChI=1S/C24H32N4O6/c1-26-10-6-7-20(26)19-14-21(18-13-17(33-4)8-9-22(18)34-5)28(25-19)23(29)15-27(11-12-31-2)24(30)16-32-3/h6-10,13,21H,11-12,14-16H2,1-5H3/t21-/m1/s1. The fourth-order valence-electron chi connectivity index (χ4n) is 3.94. The number of nitrogens with zero attached hydrogens (tertiary/aromatic N) is 4. The van der Waals surface area contributed by atoms with E-state index in [1.807, 2.05) is 42.1 Å². The maximum absolute atomic E-state index is 13.5. The van der Waals surface area contributed by atoms with E-state index in [1.165, 1.54) is 17.0 Å². The summed E-state index contributed by atoms with van der Waals surface area (Å²) in [5.41, 5.74) is 2.45. The van der Waals surface area contributed by atoms with Gasteiger partial charge in [0.2, 0.25) is 5.91 Å². The summed E-state index contributed by atoms with van der Waals surface area (Å²) in [4.78, 5) is 27.5. The van der Waals surface area contributed by atoms with Crippen LogP contribution in [0, 0.1) is 0 Å². The van der Waals surface area contributed by atoms with Gasteiger partial charge in [0, 0.05) is 46.0 Å². The van der Waals surface area contributed by atoms with Crippen LogP contribution in [-0.4, -0.2) is 86.7 Å². The van der Waals surface area contributed by atoms with Gasteiger partial charge >= 0.3 is 0 Å². The fraction of sp³-hybridized carbons (Fsp3) is 0.458. The molecular formula is C24H32N4O6. The molecule has 0 N–H and O–H groups in total. The van der Waals surface area contributed by atoms with Crippen molar-refractivity contribution in [3.63, 3.8) is 0 Å². The molecule has 1 aliphatic heterocycles. The second-order valence-corrected chi connectivity index (χ2v) is 7.86. The van der Waals surface area contributed by atoms with Crippen LogP contribution < -0.4 is 9.47 Å². The van der Waals surface area contributed by atoms with Gasteiger partial charge in [-0.15, -0.1) is 0 Å². The Morgan fingerprint density at radius 2 is 1.91 bits per heavy atom. The van der Waals surface area contributed by atoms with Crippen molar-refractivity contribution in [2.75, 3.05) is 54.7 Å². The van der Waals surface area contributed by atoms with Crippen molar-refractivity contribution in [3.05, 3.63) is 47.8 Å². The SMILES string of the molecule is COCCN(CC(=O)N1N=C(c2cccn2C)C[C@@H]1c1cc(OC)ccc1OC)C(=O)COC. The summed E-state index contributed by atoms with van der Waals surface area (Å²) in [6.07, 6.45) is 2.41. The first-order valence-corrected chi connectivity index (χ1v) is 10.9. The number of rotatable bonds is 11. The normalized spacial score (nSPS) is 15.3. The van der Waals surface area contributed by atoms with Gasteiger partial charge in [-0.3, -0.25) is 9.59 Å². The van der Waals surface area contributed by atoms with E-state index in [0.717, 1.165) is 17.0 Å². The average Bonchev–Trinajstić information content (AvgIpc) is 3.47. The Hall–Kier alpha value is -3.37. The Bertz CT molecular complexity index is 1030. The van der Waals surface area contributed by atoms with Crippen LogP contribution in [0.4, 0.5) is 0 Å². The van der Waals surface area contributed by atoms with Gasteiger partial charge in [0.25, 0.3) is 5.91 Å². The van der Waals surface area contributed by atoms with Gasteiger partial charge in [-0.25, -0.2) is 5.01 Å². The van der Waals surface area contributed by atoms with Crippen molar-refractivity contribution >= 4 is 17.5 Å². The number of carbonyl (C=O) groups is 2. The van der Waals surface area contributed by atoms with Gasteiger partial charge in [0.1, 0.15) is 24.7 Å². The number of methoxy groups -OCH3 is 4. The van der Waals surface area contributed by atoms with Crippen molar-refractivity contribution in [1.82, 2.24) is 14.5 Å². The van der Waals surface area contributed by atoms with Crippen LogP contribution in [0.25, 0.3) is 0 Å². The molecule has 10 nitrogen and oxygen atoms in total. The van der Waals surface area contributed by atoms with Crippen LogP contribution in [0.2, 0.25) is 0 Å². The van der Waals surface area contributed by atoms with Crippen LogP contribution in [0.5, 0.6) is 11.5 Å². The predicted octanol–water partition coefficient (Wildman–Crippen LogP) is 1.84. The van der Waals surface area contributed by atoms with Crippen molar-refractivity contribution < 1.29 is 28.5 Å². The number of hydrazone groups is 1. The second-order valence-electron chi connectivity index (χ2n) is 7.86. The molecule has 0 unspecified atom stereocenters. The number of hydrogen-bond acceptors (Lipinski definition) is 7. The molecule has 0 fully saturated rings. The summed E-state index contributed by atoms with van der Waals surface area (Å²) in [5, 5.41) is 6.15. The predicted molar refractivity (Wildman–Crippen MR) is 126 cm³/mol. The summed E-state index contributed by atoms with van der Waals surface area (Å²) >= 11 is 0. The minimum atomic E-state index is -0.427. The van der Waals surface area contributed by atoms with Crippen molar-refractivity contribution in [2.45, 2.75) is 12.5 Å². The molecule has 2 amide bonds. The molecule has 2 heterocycles. The molecule has 1 aliphatic rings. The van der Waals surface area contributed by atoms with Gasteiger partial charge in [-0.2, -0.15) is 5.10 Å². The molecule has 34 heavy (non-hydrogen) atoms. The fourth-order valence-corrected chi connectivity index (χ4v) is 3.94. The average molecular weight is 473 g/mol. The van der Waals surface area contributed by atoms with E-state index in [2.05, 4.69) is 0 Å². The van der Waals surface area contributed by atoms with E-state index in [4.69, 9.17) is 24.0 Å². The van der Waals surface area contributed by atoms with Crippen molar-refractivity contribution in [3.8, 4) is 11.5 Å². The zero-order valence-electron chi connectivity index (χ0n) is 20.3. The molecule has 1 aromatic carbocycles. The van der Waals surface area contributed by atoms with E-state index in [1.54, 1.807) is 27.4 Å². The summed E-state index contributed by atoms with van der Waals surface area (Å²) in [6, 6.07) is 8.93. The third-order valence-corrected chi connectivity index (χ3v) is 5.71. The third-order valence-electron chi connectivity index (χ3n) is 5.71. The highest BCUT2D eigenvalue weighted by atomic mass is 16.5. The maximum atomic E-state index is 13.5. The number of hydrogen-bond donors (Lipinski definition) is 0.